The molecule has 0 aromatic carbocycles. The van der Waals surface area contributed by atoms with Gasteiger partial charge in [-0.25, -0.2) is 9.97 Å². The number of aromatic nitrogens is 2. The molecule has 0 saturated carbocycles. The summed E-state index contributed by atoms with van der Waals surface area (Å²) in [5.41, 5.74) is 6.14. The molecule has 0 unspecified atom stereocenters. The molecular weight excluding hydrogens is 462 g/mol. The first-order chi connectivity index (χ1) is 16.0. The van der Waals surface area contributed by atoms with E-state index in [9.17, 15) is 14.4 Å². The summed E-state index contributed by atoms with van der Waals surface area (Å²) >= 11 is 2.51. The summed E-state index contributed by atoms with van der Waals surface area (Å²) in [6.45, 7) is 6.89. The van der Waals surface area contributed by atoms with Crippen LogP contribution in [-0.2, 0) is 0 Å². The average Bonchev–Trinajstić information content (AvgIpc) is 3.47. The number of carbonyl (C=O) groups is 3. The van der Waals surface area contributed by atoms with Crippen LogP contribution in [0, 0.1) is 0 Å². The highest BCUT2D eigenvalue weighted by Gasteiger charge is 2.22. The zero-order valence-electron chi connectivity index (χ0n) is 18.2. The number of anilines is 1. The van der Waals surface area contributed by atoms with Crippen LogP contribution >= 0.6 is 22.7 Å². The monoisotopic (exact) mass is 487 g/mol. The fourth-order valence-electron chi connectivity index (χ4n) is 3.62. The van der Waals surface area contributed by atoms with Gasteiger partial charge in [-0.1, -0.05) is 0 Å². The number of primary amides is 1. The van der Waals surface area contributed by atoms with Gasteiger partial charge in [0.15, 0.2) is 0 Å². The third-order valence-electron chi connectivity index (χ3n) is 5.31. The number of nitrogens with one attached hydrogen (secondary N) is 2. The second-order valence-electron chi connectivity index (χ2n) is 7.49. The van der Waals surface area contributed by atoms with E-state index in [1.54, 1.807) is 18.2 Å². The second-order valence-corrected chi connectivity index (χ2v) is 9.63. The maximum atomic E-state index is 12.4. The van der Waals surface area contributed by atoms with Crippen molar-refractivity contribution in [3.8, 4) is 0 Å². The van der Waals surface area contributed by atoms with Crippen LogP contribution in [0.4, 0.5) is 5.82 Å². The van der Waals surface area contributed by atoms with Crippen LogP contribution in [0.3, 0.4) is 0 Å². The van der Waals surface area contributed by atoms with E-state index < -0.39 is 5.91 Å². The Labute approximate surface area is 198 Å². The van der Waals surface area contributed by atoms with E-state index in [4.69, 9.17) is 5.73 Å². The van der Waals surface area contributed by atoms with Crippen molar-refractivity contribution in [2.24, 2.45) is 5.73 Å². The van der Waals surface area contributed by atoms with Crippen molar-refractivity contribution in [3.63, 3.8) is 0 Å². The lowest BCUT2D eigenvalue weighted by molar-refractivity contribution is 0.0947. The Morgan fingerprint density at radius 2 is 1.70 bits per heavy atom. The van der Waals surface area contributed by atoms with E-state index in [0.717, 1.165) is 48.8 Å². The number of amides is 3. The minimum atomic E-state index is -0.459. The molecule has 33 heavy (non-hydrogen) atoms. The van der Waals surface area contributed by atoms with Gasteiger partial charge in [-0.05, 0) is 25.1 Å². The molecule has 0 radical (unpaired) electrons. The van der Waals surface area contributed by atoms with E-state index in [0.29, 0.717) is 27.7 Å². The Hall–Kier alpha value is -3.09. The maximum absolute atomic E-state index is 12.4. The molecule has 4 heterocycles. The van der Waals surface area contributed by atoms with Crippen molar-refractivity contribution in [1.82, 2.24) is 25.5 Å². The average molecular weight is 488 g/mol. The zero-order chi connectivity index (χ0) is 23.4. The number of piperazine rings is 1. The van der Waals surface area contributed by atoms with Crippen LogP contribution in [0.15, 0.2) is 24.5 Å². The third-order valence-corrected chi connectivity index (χ3v) is 7.53. The SMILES string of the molecule is CCNC(=O)c1ccc(C(=O)NCCN2CCN(c3ncnc4cc(C(N)=O)sc34)CC2)s1. The van der Waals surface area contributed by atoms with Gasteiger partial charge in [-0.15, -0.1) is 22.7 Å². The highest BCUT2D eigenvalue weighted by molar-refractivity contribution is 7.21. The van der Waals surface area contributed by atoms with Gasteiger partial charge in [0, 0.05) is 45.8 Å². The quantitative estimate of drug-likeness (QED) is 0.434. The topological polar surface area (TPSA) is 134 Å². The van der Waals surface area contributed by atoms with Gasteiger partial charge >= 0.3 is 0 Å². The van der Waals surface area contributed by atoms with Crippen LogP contribution in [-0.4, -0.2) is 78.4 Å². The van der Waals surface area contributed by atoms with Gasteiger partial charge in [0.2, 0.25) is 0 Å². The van der Waals surface area contributed by atoms with Crippen LogP contribution in [0.2, 0.25) is 0 Å². The number of hydrogen-bond acceptors (Lipinski definition) is 9. The Morgan fingerprint density at radius 3 is 2.36 bits per heavy atom. The number of hydrogen-bond donors (Lipinski definition) is 3. The third kappa shape index (κ3) is 5.29. The predicted molar refractivity (Wildman–Crippen MR) is 129 cm³/mol. The highest BCUT2D eigenvalue weighted by Crippen LogP contribution is 2.31. The summed E-state index contributed by atoms with van der Waals surface area (Å²) in [7, 11) is 0. The molecule has 0 atom stereocenters. The molecular formula is C21H25N7O3S2. The first-order valence-corrected chi connectivity index (χ1v) is 12.3. The van der Waals surface area contributed by atoms with Crippen LogP contribution < -0.4 is 21.3 Å². The minimum Gasteiger partial charge on any atom is -0.365 e. The first kappa shape index (κ1) is 23.1. The number of fused-ring (bicyclic) bond motifs is 1. The second kappa shape index (κ2) is 10.2. The largest absolute Gasteiger partial charge is 0.365 e. The summed E-state index contributed by atoms with van der Waals surface area (Å²) < 4.78 is 0.870. The molecule has 1 fully saturated rings. The number of carbonyl (C=O) groups excluding carboxylic acids is 3. The van der Waals surface area contributed by atoms with Crippen molar-refractivity contribution in [2.45, 2.75) is 6.92 Å². The van der Waals surface area contributed by atoms with Crippen molar-refractivity contribution >= 4 is 56.4 Å². The Balaban J connectivity index is 1.26. The van der Waals surface area contributed by atoms with Gasteiger partial charge in [-0.3, -0.25) is 19.3 Å². The van der Waals surface area contributed by atoms with E-state index in [-0.39, 0.29) is 11.8 Å². The van der Waals surface area contributed by atoms with Crippen LogP contribution in [0.5, 0.6) is 0 Å². The van der Waals surface area contributed by atoms with Crippen LogP contribution in [0.1, 0.15) is 35.9 Å². The molecule has 3 amide bonds. The molecule has 4 rings (SSSR count). The first-order valence-electron chi connectivity index (χ1n) is 10.6. The summed E-state index contributed by atoms with van der Waals surface area (Å²) in [6.07, 6.45) is 1.51. The fourth-order valence-corrected chi connectivity index (χ4v) is 5.44. The minimum absolute atomic E-state index is 0.159. The smallest absolute Gasteiger partial charge is 0.261 e. The lowest BCUT2D eigenvalue weighted by atomic mass is 10.3. The van der Waals surface area contributed by atoms with Gasteiger partial charge in [0.25, 0.3) is 17.7 Å². The zero-order valence-corrected chi connectivity index (χ0v) is 19.8. The highest BCUT2D eigenvalue weighted by atomic mass is 32.1. The van der Waals surface area contributed by atoms with Gasteiger partial charge in [-0.2, -0.15) is 0 Å². The maximum Gasteiger partial charge on any atom is 0.261 e. The molecule has 1 aliphatic heterocycles. The summed E-state index contributed by atoms with van der Waals surface area (Å²) in [6, 6.07) is 5.06. The van der Waals surface area contributed by atoms with E-state index in [2.05, 4.69) is 30.4 Å². The molecule has 12 heteroatoms. The standard InChI is InChI=1S/C21H25N7O3S2/c1-2-23-20(30)14-3-4-15(32-14)21(31)24-5-6-27-7-9-28(10-8-27)19-17-13(25-12-26-19)11-16(33-17)18(22)29/h3-4,11-12H,2,5-10H2,1H3,(H2,22,29)(H,23,30)(H,24,31). The molecule has 174 valence electrons. The molecule has 3 aromatic rings. The lowest BCUT2D eigenvalue weighted by Gasteiger charge is -2.35. The molecule has 1 saturated heterocycles. The van der Waals surface area contributed by atoms with Crippen molar-refractivity contribution in [3.05, 3.63) is 39.2 Å². The number of thiophene rings is 2. The molecule has 4 N–H and O–H groups in total. The number of nitrogens with two attached hydrogens (primary N) is 1. The van der Waals surface area contributed by atoms with Crippen molar-refractivity contribution < 1.29 is 14.4 Å². The Morgan fingerprint density at radius 1 is 1.00 bits per heavy atom. The van der Waals surface area contributed by atoms with Gasteiger partial charge in [0.1, 0.15) is 12.1 Å². The lowest BCUT2D eigenvalue weighted by Crippen LogP contribution is -2.48. The molecule has 0 bridgehead atoms. The van der Waals surface area contributed by atoms with Gasteiger partial charge < -0.3 is 21.3 Å². The summed E-state index contributed by atoms with van der Waals surface area (Å²) in [5, 5.41) is 5.67. The fraction of sp³-hybridized carbons (Fsp3) is 0.381. The van der Waals surface area contributed by atoms with E-state index >= 15 is 0 Å². The summed E-state index contributed by atoms with van der Waals surface area (Å²) in [5.74, 6) is 0.0409. The van der Waals surface area contributed by atoms with Crippen LogP contribution in [0.25, 0.3) is 10.2 Å². The number of nitrogens with zero attached hydrogens (tertiary/aromatic N) is 4. The normalized spacial score (nSPS) is 14.4. The molecule has 3 aromatic heterocycles. The Bertz CT molecular complexity index is 1170. The van der Waals surface area contributed by atoms with Crippen molar-refractivity contribution in [2.75, 3.05) is 50.7 Å². The predicted octanol–water partition coefficient (Wildman–Crippen LogP) is 1.15. The molecule has 10 nitrogen and oxygen atoms in total. The number of rotatable bonds is 8. The van der Waals surface area contributed by atoms with Crippen molar-refractivity contribution in [1.29, 1.82) is 0 Å². The van der Waals surface area contributed by atoms with E-state index in [1.165, 1.54) is 29.0 Å². The van der Waals surface area contributed by atoms with Gasteiger partial charge in [0.05, 0.1) is 24.8 Å². The molecule has 1 aliphatic rings. The molecule has 0 spiro atoms. The Kier molecular flexibility index (Phi) is 7.16. The summed E-state index contributed by atoms with van der Waals surface area (Å²) in [4.78, 5) is 50.5. The molecule has 0 aliphatic carbocycles. The van der Waals surface area contributed by atoms with E-state index in [1.807, 2.05) is 6.92 Å².